The molecule has 3 saturated heterocycles. The molecule has 5 rings (SSSR count). The molecular formula is C19H17N3O4. The minimum absolute atomic E-state index is 0.138. The molecule has 3 aliphatic rings. The van der Waals surface area contributed by atoms with E-state index in [2.05, 4.69) is 0 Å². The highest BCUT2D eigenvalue weighted by Crippen LogP contribution is 2.43. The summed E-state index contributed by atoms with van der Waals surface area (Å²) in [6.45, 7) is 0.413. The van der Waals surface area contributed by atoms with Gasteiger partial charge in [-0.15, -0.1) is 0 Å². The Kier molecular flexibility index (Phi) is 3.04. The smallest absolute Gasteiger partial charge is 0.409 e. The molecule has 0 aliphatic carbocycles. The quantitative estimate of drug-likeness (QED) is 0.739. The maximum Gasteiger partial charge on any atom is 0.409 e. The van der Waals surface area contributed by atoms with Crippen molar-refractivity contribution in [2.45, 2.75) is 24.5 Å². The van der Waals surface area contributed by atoms with Gasteiger partial charge in [-0.1, -0.05) is 36.4 Å². The second-order valence-electron chi connectivity index (χ2n) is 6.89. The van der Waals surface area contributed by atoms with Crippen molar-refractivity contribution >= 4 is 34.5 Å². The number of piperazine rings is 1. The lowest BCUT2D eigenvalue weighted by atomic mass is 10.1. The standard InChI is InChI=1S/C19H17N3O4/c1-26-19(25)20-10-12-9-15(20)16-17(23)22(18(24)21(12)16)14-8-4-6-11-5-2-3-7-13(11)14/h2-8,12,15-16H,9-10H2,1H3/t12-,15?,16+/m1/s1. The van der Waals surface area contributed by atoms with Crippen molar-refractivity contribution in [3.05, 3.63) is 42.5 Å². The maximum absolute atomic E-state index is 13.2. The highest BCUT2D eigenvalue weighted by molar-refractivity contribution is 6.25. The van der Waals surface area contributed by atoms with E-state index < -0.39 is 12.1 Å². The fourth-order valence-electron chi connectivity index (χ4n) is 4.61. The fraction of sp³-hybridized carbons (Fsp3) is 0.316. The lowest BCUT2D eigenvalue weighted by molar-refractivity contribution is -0.121. The summed E-state index contributed by atoms with van der Waals surface area (Å²) >= 11 is 0. The molecule has 3 atom stereocenters. The fourth-order valence-corrected chi connectivity index (χ4v) is 4.61. The summed E-state index contributed by atoms with van der Waals surface area (Å²) in [4.78, 5) is 42.7. The number of likely N-dealkylation sites (tertiary alicyclic amines) is 1. The van der Waals surface area contributed by atoms with E-state index in [9.17, 15) is 14.4 Å². The molecule has 0 saturated carbocycles. The van der Waals surface area contributed by atoms with Crippen LogP contribution < -0.4 is 4.90 Å². The summed E-state index contributed by atoms with van der Waals surface area (Å²) in [6.07, 6.45) is 0.182. The number of carbonyl (C=O) groups excluding carboxylic acids is 3. The van der Waals surface area contributed by atoms with E-state index in [-0.39, 0.29) is 24.0 Å². The maximum atomic E-state index is 13.2. The van der Waals surface area contributed by atoms with Gasteiger partial charge in [0, 0.05) is 11.9 Å². The molecule has 3 fully saturated rings. The molecule has 2 aromatic rings. The van der Waals surface area contributed by atoms with Crippen LogP contribution in [0.4, 0.5) is 15.3 Å². The Bertz CT molecular complexity index is 953. The molecular weight excluding hydrogens is 334 g/mol. The molecule has 0 N–H and O–H groups in total. The third kappa shape index (κ3) is 1.80. The highest BCUT2D eigenvalue weighted by atomic mass is 16.5. The number of hydrogen-bond donors (Lipinski definition) is 0. The number of urea groups is 1. The Balaban J connectivity index is 1.57. The van der Waals surface area contributed by atoms with Gasteiger partial charge in [0.15, 0.2) is 0 Å². The minimum atomic E-state index is -0.626. The van der Waals surface area contributed by atoms with Gasteiger partial charge in [-0.05, 0) is 17.9 Å². The summed E-state index contributed by atoms with van der Waals surface area (Å²) in [5.74, 6) is -0.271. The Hall–Kier alpha value is -3.09. The van der Waals surface area contributed by atoms with Gasteiger partial charge in [0.2, 0.25) is 0 Å². The molecule has 26 heavy (non-hydrogen) atoms. The van der Waals surface area contributed by atoms with E-state index in [1.165, 1.54) is 12.0 Å². The SMILES string of the molecule is COC(=O)N1C[C@H]2CC1[C@H]1C(=O)N(c3cccc4ccccc34)C(=O)N21. The zero-order valence-corrected chi connectivity index (χ0v) is 14.2. The number of benzene rings is 2. The van der Waals surface area contributed by atoms with Crippen molar-refractivity contribution in [1.82, 2.24) is 9.80 Å². The minimum Gasteiger partial charge on any atom is -0.453 e. The summed E-state index contributed by atoms with van der Waals surface area (Å²) in [7, 11) is 1.33. The average molecular weight is 351 g/mol. The van der Waals surface area contributed by atoms with E-state index >= 15 is 0 Å². The van der Waals surface area contributed by atoms with Crippen LogP contribution in [0.1, 0.15) is 6.42 Å². The lowest BCUT2D eigenvalue weighted by Gasteiger charge is -2.33. The number of hydrogen-bond acceptors (Lipinski definition) is 4. The first kappa shape index (κ1) is 15.2. The zero-order chi connectivity index (χ0) is 18.0. The second-order valence-corrected chi connectivity index (χ2v) is 6.89. The number of nitrogens with zero attached hydrogens (tertiary/aromatic N) is 3. The average Bonchev–Trinajstić information content (AvgIpc) is 3.32. The largest absolute Gasteiger partial charge is 0.453 e. The van der Waals surface area contributed by atoms with Gasteiger partial charge in [-0.3, -0.25) is 4.79 Å². The number of anilines is 1. The Morgan fingerprint density at radius 2 is 1.88 bits per heavy atom. The summed E-state index contributed by atoms with van der Waals surface area (Å²) in [6, 6.07) is 11.9. The van der Waals surface area contributed by atoms with Crippen LogP contribution in [0, 0.1) is 0 Å². The highest BCUT2D eigenvalue weighted by Gasteiger charge is 2.63. The molecule has 4 amide bonds. The Morgan fingerprint density at radius 1 is 1.12 bits per heavy atom. The van der Waals surface area contributed by atoms with Crippen LogP contribution in [0.5, 0.6) is 0 Å². The molecule has 1 unspecified atom stereocenters. The normalized spacial score (nSPS) is 26.8. The third-order valence-corrected chi connectivity index (χ3v) is 5.68. The Morgan fingerprint density at radius 3 is 2.69 bits per heavy atom. The van der Waals surface area contributed by atoms with E-state index in [1.807, 2.05) is 36.4 Å². The van der Waals surface area contributed by atoms with Crippen molar-refractivity contribution in [2.24, 2.45) is 0 Å². The van der Waals surface area contributed by atoms with Gasteiger partial charge in [0.25, 0.3) is 5.91 Å². The molecule has 3 heterocycles. The van der Waals surface area contributed by atoms with Crippen LogP contribution in [-0.4, -0.2) is 59.6 Å². The molecule has 0 spiro atoms. The Labute approximate surface area is 149 Å². The number of fused-ring (bicyclic) bond motifs is 6. The van der Waals surface area contributed by atoms with Crippen molar-refractivity contribution < 1.29 is 19.1 Å². The molecule has 7 heteroatoms. The number of amides is 4. The molecule has 132 valence electrons. The van der Waals surface area contributed by atoms with E-state index in [0.717, 1.165) is 10.8 Å². The summed E-state index contributed by atoms with van der Waals surface area (Å²) in [5.41, 5.74) is 0.594. The van der Waals surface area contributed by atoms with Gasteiger partial charge in [-0.25, -0.2) is 14.5 Å². The predicted octanol–water partition coefficient (Wildman–Crippen LogP) is 2.20. The van der Waals surface area contributed by atoms with Crippen LogP contribution in [-0.2, 0) is 9.53 Å². The zero-order valence-electron chi connectivity index (χ0n) is 14.2. The first-order valence-corrected chi connectivity index (χ1v) is 8.60. The number of methoxy groups -OCH3 is 1. The van der Waals surface area contributed by atoms with Gasteiger partial charge in [0.1, 0.15) is 6.04 Å². The van der Waals surface area contributed by atoms with Crippen molar-refractivity contribution in [2.75, 3.05) is 18.6 Å². The van der Waals surface area contributed by atoms with Crippen LogP contribution in [0.3, 0.4) is 0 Å². The first-order valence-electron chi connectivity index (χ1n) is 8.60. The second kappa shape index (κ2) is 5.20. The van der Waals surface area contributed by atoms with Gasteiger partial charge >= 0.3 is 12.1 Å². The summed E-state index contributed by atoms with van der Waals surface area (Å²) < 4.78 is 4.83. The van der Waals surface area contributed by atoms with Gasteiger partial charge in [0.05, 0.1) is 24.9 Å². The topological polar surface area (TPSA) is 70.2 Å². The summed E-state index contributed by atoms with van der Waals surface area (Å²) in [5, 5.41) is 1.83. The molecule has 0 aromatic heterocycles. The molecule has 7 nitrogen and oxygen atoms in total. The van der Waals surface area contributed by atoms with E-state index in [1.54, 1.807) is 15.9 Å². The number of imide groups is 1. The molecule has 3 aliphatic heterocycles. The molecule has 2 bridgehead atoms. The monoisotopic (exact) mass is 351 g/mol. The van der Waals surface area contributed by atoms with Crippen molar-refractivity contribution in [1.29, 1.82) is 0 Å². The van der Waals surface area contributed by atoms with Crippen LogP contribution in [0.2, 0.25) is 0 Å². The first-order chi connectivity index (χ1) is 12.6. The predicted molar refractivity (Wildman–Crippen MR) is 93.8 cm³/mol. The van der Waals surface area contributed by atoms with Crippen molar-refractivity contribution in [3.63, 3.8) is 0 Å². The van der Waals surface area contributed by atoms with Gasteiger partial charge < -0.3 is 14.5 Å². The number of ether oxygens (including phenoxy) is 1. The van der Waals surface area contributed by atoms with Gasteiger partial charge in [-0.2, -0.15) is 0 Å². The van der Waals surface area contributed by atoms with Crippen molar-refractivity contribution in [3.8, 4) is 0 Å². The van der Waals surface area contributed by atoms with E-state index in [4.69, 9.17) is 4.74 Å². The third-order valence-electron chi connectivity index (χ3n) is 5.68. The van der Waals surface area contributed by atoms with Crippen LogP contribution >= 0.6 is 0 Å². The molecule has 0 radical (unpaired) electrons. The number of rotatable bonds is 1. The molecule has 2 aromatic carbocycles. The van der Waals surface area contributed by atoms with Crippen LogP contribution in [0.15, 0.2) is 42.5 Å². The van der Waals surface area contributed by atoms with E-state index in [0.29, 0.717) is 18.7 Å². The van der Waals surface area contributed by atoms with Crippen LogP contribution in [0.25, 0.3) is 10.8 Å². The number of carbonyl (C=O) groups is 3. The lowest BCUT2D eigenvalue weighted by Crippen LogP contribution is -2.54.